The van der Waals surface area contributed by atoms with E-state index in [2.05, 4.69) is 22.5 Å². The Kier molecular flexibility index (Phi) is 8.16. The summed E-state index contributed by atoms with van der Waals surface area (Å²) in [4.78, 5) is 17.0. The van der Waals surface area contributed by atoms with E-state index >= 15 is 0 Å². The van der Waals surface area contributed by atoms with Crippen molar-refractivity contribution in [3.63, 3.8) is 0 Å². The number of hydrogen-bond acceptors (Lipinski definition) is 4. The molecule has 3 rings (SSSR count). The molecule has 1 amide bonds. The number of halogens is 2. The molecular formula is C17H23Cl2N3OS. The van der Waals surface area contributed by atoms with Crippen LogP contribution in [-0.2, 0) is 0 Å². The van der Waals surface area contributed by atoms with Gasteiger partial charge in [-0.15, -0.1) is 36.2 Å². The molecule has 0 saturated carbocycles. The van der Waals surface area contributed by atoms with Crippen LogP contribution in [0.1, 0.15) is 28.7 Å². The summed E-state index contributed by atoms with van der Waals surface area (Å²) in [5.74, 6) is 0.467. The molecule has 0 spiro atoms. The molecule has 2 unspecified atom stereocenters. The summed E-state index contributed by atoms with van der Waals surface area (Å²) in [5.41, 5.74) is 2.64. The standard InChI is InChI=1S/C17H21N3OS.2ClH/c1-11-9-18-7-6-15(11)20-17(21)14-5-3-4-13(8-14)16-10-22-12(2)19-16;;/h3-5,8,10-11,15,18H,6-7,9H2,1-2H3,(H,20,21);2*1H. The van der Waals surface area contributed by atoms with Gasteiger partial charge in [0.25, 0.3) is 5.91 Å². The number of benzene rings is 1. The Bertz CT molecular complexity index is 677. The Balaban J connectivity index is 0.00000144. The largest absolute Gasteiger partial charge is 0.349 e. The maximum absolute atomic E-state index is 12.5. The monoisotopic (exact) mass is 387 g/mol. The number of piperidine rings is 1. The number of nitrogens with zero attached hydrogens (tertiary/aromatic N) is 1. The van der Waals surface area contributed by atoms with Crippen molar-refractivity contribution in [2.24, 2.45) is 5.92 Å². The molecule has 2 heterocycles. The van der Waals surface area contributed by atoms with Gasteiger partial charge in [0.2, 0.25) is 0 Å². The molecular weight excluding hydrogens is 365 g/mol. The predicted octanol–water partition coefficient (Wildman–Crippen LogP) is 3.69. The van der Waals surface area contributed by atoms with Crippen molar-refractivity contribution in [3.05, 3.63) is 40.2 Å². The quantitative estimate of drug-likeness (QED) is 0.843. The number of thiazole rings is 1. The van der Waals surface area contributed by atoms with E-state index in [-0.39, 0.29) is 36.8 Å². The van der Waals surface area contributed by atoms with Gasteiger partial charge in [0.05, 0.1) is 10.7 Å². The Morgan fingerprint density at radius 2 is 2.17 bits per heavy atom. The van der Waals surface area contributed by atoms with E-state index < -0.39 is 0 Å². The van der Waals surface area contributed by atoms with E-state index in [1.807, 2.05) is 36.6 Å². The van der Waals surface area contributed by atoms with Crippen LogP contribution in [0.25, 0.3) is 11.3 Å². The van der Waals surface area contributed by atoms with Gasteiger partial charge in [-0.25, -0.2) is 4.98 Å². The first-order chi connectivity index (χ1) is 10.6. The highest BCUT2D eigenvalue weighted by molar-refractivity contribution is 7.09. The molecule has 2 atom stereocenters. The van der Waals surface area contributed by atoms with Crippen LogP contribution in [-0.4, -0.2) is 30.0 Å². The fraction of sp³-hybridized carbons (Fsp3) is 0.412. The molecule has 132 valence electrons. The zero-order valence-electron chi connectivity index (χ0n) is 13.7. The highest BCUT2D eigenvalue weighted by Gasteiger charge is 2.23. The first kappa shape index (κ1) is 20.9. The van der Waals surface area contributed by atoms with Gasteiger partial charge >= 0.3 is 0 Å². The minimum atomic E-state index is 0. The Morgan fingerprint density at radius 1 is 1.38 bits per heavy atom. The Labute approximate surface area is 159 Å². The summed E-state index contributed by atoms with van der Waals surface area (Å²) in [6.07, 6.45) is 0.984. The normalized spacial score (nSPS) is 19.8. The second-order valence-electron chi connectivity index (χ2n) is 5.88. The predicted molar refractivity (Wildman–Crippen MR) is 105 cm³/mol. The molecule has 4 nitrogen and oxygen atoms in total. The molecule has 0 aliphatic carbocycles. The zero-order valence-corrected chi connectivity index (χ0v) is 16.2. The van der Waals surface area contributed by atoms with Crippen LogP contribution in [0.4, 0.5) is 0 Å². The Hall–Kier alpha value is -1.14. The first-order valence-electron chi connectivity index (χ1n) is 7.67. The zero-order chi connectivity index (χ0) is 15.5. The van der Waals surface area contributed by atoms with Gasteiger partial charge in [0.1, 0.15) is 0 Å². The van der Waals surface area contributed by atoms with Crippen molar-refractivity contribution in [2.75, 3.05) is 13.1 Å². The molecule has 1 aromatic heterocycles. The SMILES string of the molecule is Cc1nc(-c2cccc(C(=O)NC3CCNCC3C)c2)cs1.Cl.Cl. The lowest BCUT2D eigenvalue weighted by Gasteiger charge is -2.30. The highest BCUT2D eigenvalue weighted by Crippen LogP contribution is 2.22. The van der Waals surface area contributed by atoms with Gasteiger partial charge in [0.15, 0.2) is 0 Å². The molecule has 0 radical (unpaired) electrons. The first-order valence-corrected chi connectivity index (χ1v) is 8.55. The summed E-state index contributed by atoms with van der Waals surface area (Å²) in [7, 11) is 0. The molecule has 2 aromatic rings. The Morgan fingerprint density at radius 3 is 2.83 bits per heavy atom. The summed E-state index contributed by atoms with van der Waals surface area (Å²) in [6.45, 7) is 6.09. The van der Waals surface area contributed by atoms with Gasteiger partial charge in [-0.2, -0.15) is 0 Å². The number of carbonyl (C=O) groups excluding carboxylic acids is 1. The molecule has 0 bridgehead atoms. The minimum absolute atomic E-state index is 0. The second kappa shape index (κ2) is 9.37. The number of aryl methyl sites for hydroxylation is 1. The molecule has 1 fully saturated rings. The fourth-order valence-electron chi connectivity index (χ4n) is 2.80. The maximum atomic E-state index is 12.5. The second-order valence-corrected chi connectivity index (χ2v) is 6.94. The van der Waals surface area contributed by atoms with Gasteiger partial charge in [-0.3, -0.25) is 4.79 Å². The number of rotatable bonds is 3. The van der Waals surface area contributed by atoms with Crippen molar-refractivity contribution in [2.45, 2.75) is 26.3 Å². The number of hydrogen-bond donors (Lipinski definition) is 2. The lowest BCUT2D eigenvalue weighted by atomic mass is 9.95. The topological polar surface area (TPSA) is 54.0 Å². The van der Waals surface area contributed by atoms with Crippen LogP contribution in [0.15, 0.2) is 29.6 Å². The third kappa shape index (κ3) is 4.93. The number of nitrogens with one attached hydrogen (secondary N) is 2. The van der Waals surface area contributed by atoms with Crippen LogP contribution in [0.5, 0.6) is 0 Å². The molecule has 1 aliphatic heterocycles. The van der Waals surface area contributed by atoms with E-state index in [0.29, 0.717) is 11.5 Å². The van der Waals surface area contributed by atoms with Crippen molar-refractivity contribution in [1.82, 2.24) is 15.6 Å². The van der Waals surface area contributed by atoms with Gasteiger partial charge in [0, 0.05) is 22.5 Å². The van der Waals surface area contributed by atoms with E-state index in [1.165, 1.54) is 0 Å². The molecule has 1 aromatic carbocycles. The number of aromatic nitrogens is 1. The highest BCUT2D eigenvalue weighted by atomic mass is 35.5. The van der Waals surface area contributed by atoms with Gasteiger partial charge in [-0.1, -0.05) is 19.1 Å². The maximum Gasteiger partial charge on any atom is 0.251 e. The summed E-state index contributed by atoms with van der Waals surface area (Å²) in [5, 5.41) is 9.59. The van der Waals surface area contributed by atoms with Crippen LogP contribution in [0.3, 0.4) is 0 Å². The lowest BCUT2D eigenvalue weighted by molar-refractivity contribution is 0.0914. The van der Waals surface area contributed by atoms with Crippen molar-refractivity contribution in [3.8, 4) is 11.3 Å². The van der Waals surface area contributed by atoms with Crippen molar-refractivity contribution >= 4 is 42.1 Å². The van der Waals surface area contributed by atoms with Crippen molar-refractivity contribution in [1.29, 1.82) is 0 Å². The summed E-state index contributed by atoms with van der Waals surface area (Å²) in [6, 6.07) is 7.96. The number of amides is 1. The van der Waals surface area contributed by atoms with E-state index in [9.17, 15) is 4.79 Å². The van der Waals surface area contributed by atoms with Gasteiger partial charge < -0.3 is 10.6 Å². The molecule has 1 saturated heterocycles. The third-order valence-corrected chi connectivity index (χ3v) is 4.91. The van der Waals surface area contributed by atoms with Crippen LogP contribution < -0.4 is 10.6 Å². The summed E-state index contributed by atoms with van der Waals surface area (Å²) < 4.78 is 0. The average molecular weight is 388 g/mol. The van der Waals surface area contributed by atoms with E-state index in [1.54, 1.807) is 11.3 Å². The average Bonchev–Trinajstić information content (AvgIpc) is 2.96. The van der Waals surface area contributed by atoms with Crippen molar-refractivity contribution < 1.29 is 4.79 Å². The fourth-order valence-corrected chi connectivity index (χ4v) is 3.42. The smallest absolute Gasteiger partial charge is 0.251 e. The molecule has 2 N–H and O–H groups in total. The molecule has 7 heteroatoms. The minimum Gasteiger partial charge on any atom is -0.349 e. The van der Waals surface area contributed by atoms with Crippen LogP contribution in [0, 0.1) is 12.8 Å². The molecule has 24 heavy (non-hydrogen) atoms. The van der Waals surface area contributed by atoms with Gasteiger partial charge in [-0.05, 0) is 44.5 Å². The molecule has 1 aliphatic rings. The van der Waals surface area contributed by atoms with E-state index in [4.69, 9.17) is 0 Å². The van der Waals surface area contributed by atoms with E-state index in [0.717, 1.165) is 35.8 Å². The number of carbonyl (C=O) groups is 1. The third-order valence-electron chi connectivity index (χ3n) is 4.14. The lowest BCUT2D eigenvalue weighted by Crippen LogP contribution is -2.48. The summed E-state index contributed by atoms with van der Waals surface area (Å²) >= 11 is 1.62. The van der Waals surface area contributed by atoms with Crippen LogP contribution in [0.2, 0.25) is 0 Å². The van der Waals surface area contributed by atoms with Crippen LogP contribution >= 0.6 is 36.2 Å².